The molecule has 0 aromatic rings. The van der Waals surface area contributed by atoms with Gasteiger partial charge < -0.3 is 4.74 Å². The highest BCUT2D eigenvalue weighted by molar-refractivity contribution is 4.99. The zero-order valence-electron chi connectivity index (χ0n) is 9.11. The highest BCUT2D eigenvalue weighted by Crippen LogP contribution is 2.55. The van der Waals surface area contributed by atoms with Gasteiger partial charge in [-0.25, -0.2) is 8.78 Å². The molecule has 0 aromatic heterocycles. The molecule has 1 aliphatic heterocycles. The van der Waals surface area contributed by atoms with Gasteiger partial charge in [-0.3, -0.25) is 0 Å². The van der Waals surface area contributed by atoms with Crippen LogP contribution in [0.15, 0.2) is 0 Å². The number of rotatable bonds is 0. The number of alkyl halides is 2. The van der Waals surface area contributed by atoms with Crippen molar-refractivity contribution in [3.05, 3.63) is 0 Å². The lowest BCUT2D eigenvalue weighted by Crippen LogP contribution is -2.50. The summed E-state index contributed by atoms with van der Waals surface area (Å²) < 4.78 is 30.2. The predicted molar refractivity (Wildman–Crippen MR) is 52.6 cm³/mol. The second-order valence-electron chi connectivity index (χ2n) is 4.57. The van der Waals surface area contributed by atoms with Crippen LogP contribution in [0.4, 0.5) is 8.78 Å². The minimum atomic E-state index is -2.39. The average molecular weight is 206 g/mol. The van der Waals surface area contributed by atoms with Crippen molar-refractivity contribution in [1.29, 1.82) is 0 Å². The molecule has 2 fully saturated rings. The monoisotopic (exact) mass is 206 g/mol. The maximum absolute atomic E-state index is 12.5. The maximum atomic E-state index is 12.5. The molecular formula is C11H20F2O. The fourth-order valence-electron chi connectivity index (χ4n) is 2.23. The van der Waals surface area contributed by atoms with E-state index >= 15 is 0 Å². The quantitative estimate of drug-likeness (QED) is 0.588. The van der Waals surface area contributed by atoms with E-state index in [1.807, 2.05) is 0 Å². The number of ether oxygens (including phenoxy) is 1. The van der Waals surface area contributed by atoms with E-state index in [-0.39, 0.29) is 18.3 Å². The Morgan fingerprint density at radius 3 is 2.14 bits per heavy atom. The summed E-state index contributed by atoms with van der Waals surface area (Å²) in [5.74, 6) is -2.39. The smallest absolute Gasteiger partial charge is 0.249 e. The van der Waals surface area contributed by atoms with Gasteiger partial charge in [0.25, 0.3) is 0 Å². The fraction of sp³-hybridized carbons (Fsp3) is 1.00. The van der Waals surface area contributed by atoms with E-state index in [1.165, 1.54) is 6.42 Å². The molecule has 0 unspecified atom stereocenters. The molecule has 0 atom stereocenters. The molecule has 0 N–H and O–H groups in total. The molecule has 0 bridgehead atoms. The molecule has 0 amide bonds. The molecule has 1 saturated carbocycles. The first-order valence-corrected chi connectivity index (χ1v) is 5.49. The van der Waals surface area contributed by atoms with Gasteiger partial charge in [0.05, 0.1) is 6.61 Å². The zero-order chi connectivity index (χ0) is 10.7. The Bertz CT molecular complexity index is 164. The Morgan fingerprint density at radius 1 is 1.21 bits per heavy atom. The van der Waals surface area contributed by atoms with Crippen molar-refractivity contribution < 1.29 is 13.5 Å². The largest absolute Gasteiger partial charge is 0.381 e. The first-order chi connectivity index (χ1) is 6.54. The topological polar surface area (TPSA) is 9.23 Å². The average Bonchev–Trinajstić information content (AvgIpc) is 2.03. The highest BCUT2D eigenvalue weighted by Gasteiger charge is 2.56. The molecule has 1 nitrogen and oxygen atoms in total. The van der Waals surface area contributed by atoms with Gasteiger partial charge in [-0.15, -0.1) is 0 Å². The van der Waals surface area contributed by atoms with Crippen molar-refractivity contribution in [2.45, 2.75) is 51.9 Å². The number of hydrogen-bond acceptors (Lipinski definition) is 1. The number of halogens is 2. The van der Waals surface area contributed by atoms with Crippen LogP contribution in [0, 0.1) is 5.41 Å². The molecule has 0 aromatic carbocycles. The van der Waals surface area contributed by atoms with Gasteiger partial charge in [-0.05, 0) is 12.8 Å². The third-order valence-electron chi connectivity index (χ3n) is 2.67. The normalized spacial score (nSPS) is 27.4. The standard InChI is InChI=1S/C8H12F2O.C3H8/c9-8(10)4-7(5-8)2-1-3-11-6-7;1-3-2/h1-6H2;3H2,1-2H3. The third-order valence-corrected chi connectivity index (χ3v) is 2.67. The second-order valence-corrected chi connectivity index (χ2v) is 4.57. The van der Waals surface area contributed by atoms with E-state index in [4.69, 9.17) is 4.74 Å². The number of hydrogen-bond donors (Lipinski definition) is 0. The van der Waals surface area contributed by atoms with Crippen molar-refractivity contribution in [3.8, 4) is 0 Å². The maximum Gasteiger partial charge on any atom is 0.249 e. The summed E-state index contributed by atoms with van der Waals surface area (Å²) in [6.45, 7) is 5.57. The van der Waals surface area contributed by atoms with Crippen LogP contribution in [0.5, 0.6) is 0 Å². The minimum Gasteiger partial charge on any atom is -0.381 e. The van der Waals surface area contributed by atoms with Gasteiger partial charge in [0.2, 0.25) is 5.92 Å². The van der Waals surface area contributed by atoms with Gasteiger partial charge in [-0.2, -0.15) is 0 Å². The summed E-state index contributed by atoms with van der Waals surface area (Å²) in [4.78, 5) is 0. The Balaban J connectivity index is 0.000000293. The Kier molecular flexibility index (Phi) is 3.87. The first kappa shape index (κ1) is 11.9. The Morgan fingerprint density at radius 2 is 1.79 bits per heavy atom. The molecular weight excluding hydrogens is 186 g/mol. The summed E-state index contributed by atoms with van der Waals surface area (Å²) in [5, 5.41) is 0. The van der Waals surface area contributed by atoms with E-state index in [1.54, 1.807) is 0 Å². The lowest BCUT2D eigenvalue weighted by molar-refractivity contribution is -0.199. The van der Waals surface area contributed by atoms with Crippen molar-refractivity contribution >= 4 is 0 Å². The molecule has 0 radical (unpaired) electrons. The van der Waals surface area contributed by atoms with Crippen LogP contribution < -0.4 is 0 Å². The van der Waals surface area contributed by atoms with Gasteiger partial charge in [-0.1, -0.05) is 20.3 Å². The van der Waals surface area contributed by atoms with E-state index in [2.05, 4.69) is 13.8 Å². The van der Waals surface area contributed by atoms with Crippen molar-refractivity contribution in [2.24, 2.45) is 5.41 Å². The Labute approximate surface area is 84.8 Å². The molecule has 1 saturated heterocycles. The molecule has 14 heavy (non-hydrogen) atoms. The van der Waals surface area contributed by atoms with E-state index in [9.17, 15) is 8.78 Å². The molecule has 2 aliphatic rings. The molecule has 2 rings (SSSR count). The van der Waals surface area contributed by atoms with E-state index in [0.717, 1.165) is 19.4 Å². The van der Waals surface area contributed by atoms with Crippen LogP contribution in [-0.2, 0) is 4.74 Å². The summed E-state index contributed by atoms with van der Waals surface area (Å²) in [7, 11) is 0. The van der Waals surface area contributed by atoms with Gasteiger partial charge >= 0.3 is 0 Å². The lowest BCUT2D eigenvalue weighted by Gasteiger charge is -2.49. The van der Waals surface area contributed by atoms with Crippen molar-refractivity contribution in [2.75, 3.05) is 13.2 Å². The van der Waals surface area contributed by atoms with E-state index < -0.39 is 5.92 Å². The molecule has 1 spiro atoms. The van der Waals surface area contributed by atoms with Crippen LogP contribution >= 0.6 is 0 Å². The predicted octanol–water partition coefficient (Wildman–Crippen LogP) is 3.63. The Hall–Kier alpha value is -0.180. The zero-order valence-corrected chi connectivity index (χ0v) is 9.11. The van der Waals surface area contributed by atoms with E-state index in [0.29, 0.717) is 6.61 Å². The molecule has 1 aliphatic carbocycles. The summed E-state index contributed by atoms with van der Waals surface area (Å²) in [5.41, 5.74) is -0.137. The minimum absolute atomic E-state index is 0.0556. The van der Waals surface area contributed by atoms with Gasteiger partial charge in [0.1, 0.15) is 0 Å². The second kappa shape index (κ2) is 4.56. The first-order valence-electron chi connectivity index (χ1n) is 5.49. The lowest BCUT2D eigenvalue weighted by atomic mass is 9.63. The van der Waals surface area contributed by atoms with Crippen LogP contribution in [-0.4, -0.2) is 19.1 Å². The van der Waals surface area contributed by atoms with Crippen LogP contribution in [0.3, 0.4) is 0 Å². The summed E-state index contributed by atoms with van der Waals surface area (Å²) in [6, 6.07) is 0. The fourth-order valence-corrected chi connectivity index (χ4v) is 2.23. The van der Waals surface area contributed by atoms with Crippen molar-refractivity contribution in [1.82, 2.24) is 0 Å². The van der Waals surface area contributed by atoms with Crippen molar-refractivity contribution in [3.63, 3.8) is 0 Å². The van der Waals surface area contributed by atoms with Crippen LogP contribution in [0.25, 0.3) is 0 Å². The van der Waals surface area contributed by atoms with Crippen LogP contribution in [0.1, 0.15) is 46.0 Å². The highest BCUT2D eigenvalue weighted by atomic mass is 19.3. The molecule has 1 heterocycles. The molecule has 84 valence electrons. The summed E-state index contributed by atoms with van der Waals surface area (Å²) in [6.07, 6.45) is 3.25. The van der Waals surface area contributed by atoms with Gasteiger partial charge in [0, 0.05) is 24.9 Å². The van der Waals surface area contributed by atoms with Gasteiger partial charge in [0.15, 0.2) is 0 Å². The van der Waals surface area contributed by atoms with Crippen LogP contribution in [0.2, 0.25) is 0 Å². The SMILES string of the molecule is CCC.FC1(F)CC2(CCCOC2)C1. The summed E-state index contributed by atoms with van der Waals surface area (Å²) >= 11 is 0. The third kappa shape index (κ3) is 2.91. The molecule has 3 heteroatoms.